The summed E-state index contributed by atoms with van der Waals surface area (Å²) in [6.45, 7) is 3.93. The van der Waals surface area contributed by atoms with E-state index in [1.54, 1.807) is 0 Å². The van der Waals surface area contributed by atoms with Gasteiger partial charge in [0.2, 0.25) is 0 Å². The van der Waals surface area contributed by atoms with Crippen molar-refractivity contribution in [3.63, 3.8) is 0 Å². The highest BCUT2D eigenvalue weighted by atomic mass is 16.5. The molecule has 1 unspecified atom stereocenters. The van der Waals surface area contributed by atoms with E-state index >= 15 is 0 Å². The van der Waals surface area contributed by atoms with E-state index in [2.05, 4.69) is 22.9 Å². The maximum atomic E-state index is 8.30. The molecule has 0 amide bonds. The Labute approximate surface area is 108 Å². The Morgan fingerprint density at radius 2 is 1.94 bits per heavy atom. The minimum atomic E-state index is -0.0918. The van der Waals surface area contributed by atoms with Crippen LogP contribution < -0.4 is 4.74 Å². The summed E-state index contributed by atoms with van der Waals surface area (Å²) in [6, 6.07) is 8.10. The molecule has 4 heteroatoms. The van der Waals surface area contributed by atoms with Crippen LogP contribution in [0.3, 0.4) is 0 Å². The first-order chi connectivity index (χ1) is 8.74. The minimum Gasteiger partial charge on any atom is -0.482 e. The van der Waals surface area contributed by atoms with E-state index < -0.39 is 0 Å². The van der Waals surface area contributed by atoms with Gasteiger partial charge < -0.3 is 14.5 Å². The van der Waals surface area contributed by atoms with Crippen LogP contribution in [-0.2, 0) is 6.42 Å². The average molecular weight is 245 g/mol. The molecule has 0 spiro atoms. The van der Waals surface area contributed by atoms with Crippen molar-refractivity contribution >= 4 is 5.84 Å². The zero-order chi connectivity index (χ0) is 12.5. The van der Waals surface area contributed by atoms with Gasteiger partial charge in [0.1, 0.15) is 11.6 Å². The lowest BCUT2D eigenvalue weighted by molar-refractivity contribution is 0.194. The average Bonchev–Trinajstić information content (AvgIpc) is 2.82. The van der Waals surface area contributed by atoms with Crippen molar-refractivity contribution in [2.45, 2.75) is 12.5 Å². The van der Waals surface area contributed by atoms with Crippen LogP contribution in [0.2, 0.25) is 0 Å². The summed E-state index contributed by atoms with van der Waals surface area (Å²) in [5, 5.41) is 8.30. The van der Waals surface area contributed by atoms with Crippen molar-refractivity contribution in [1.29, 1.82) is 5.41 Å². The molecule has 0 radical (unpaired) electrons. The largest absolute Gasteiger partial charge is 0.482 e. The maximum Gasteiger partial charge on any atom is 0.159 e. The molecule has 1 saturated heterocycles. The summed E-state index contributed by atoms with van der Waals surface area (Å²) >= 11 is 0. The van der Waals surface area contributed by atoms with E-state index in [1.165, 1.54) is 5.56 Å². The molecule has 1 N–H and O–H groups in total. The third-order valence-electron chi connectivity index (χ3n) is 3.80. The number of amidine groups is 1. The van der Waals surface area contributed by atoms with E-state index in [0.29, 0.717) is 5.84 Å². The van der Waals surface area contributed by atoms with Crippen molar-refractivity contribution in [2.75, 3.05) is 33.2 Å². The SMILES string of the molecule is CN1CCN(C(=N)C2Cc3ccccc3O2)CC1. The molecule has 1 aromatic carbocycles. The third kappa shape index (κ3) is 2.08. The predicted molar refractivity (Wildman–Crippen MR) is 71.4 cm³/mol. The fourth-order valence-corrected chi connectivity index (χ4v) is 2.59. The molecule has 0 aromatic heterocycles. The fourth-order valence-electron chi connectivity index (χ4n) is 2.59. The molecule has 2 heterocycles. The topological polar surface area (TPSA) is 39.6 Å². The van der Waals surface area contributed by atoms with Gasteiger partial charge in [-0.15, -0.1) is 0 Å². The second kappa shape index (κ2) is 4.61. The second-order valence-electron chi connectivity index (χ2n) is 5.09. The van der Waals surface area contributed by atoms with Crippen molar-refractivity contribution in [2.24, 2.45) is 0 Å². The number of hydrogen-bond donors (Lipinski definition) is 1. The summed E-state index contributed by atoms with van der Waals surface area (Å²) in [5.74, 6) is 1.58. The van der Waals surface area contributed by atoms with Crippen LogP contribution in [-0.4, -0.2) is 55.0 Å². The van der Waals surface area contributed by atoms with E-state index in [4.69, 9.17) is 10.1 Å². The zero-order valence-corrected chi connectivity index (χ0v) is 10.7. The molecule has 2 aliphatic heterocycles. The summed E-state index contributed by atoms with van der Waals surface area (Å²) in [4.78, 5) is 4.45. The number of piperazine rings is 1. The Balaban J connectivity index is 1.65. The molecule has 4 nitrogen and oxygen atoms in total. The van der Waals surface area contributed by atoms with Gasteiger partial charge in [-0.2, -0.15) is 0 Å². The van der Waals surface area contributed by atoms with Gasteiger partial charge in [0.05, 0.1) is 0 Å². The number of nitrogens with zero attached hydrogens (tertiary/aromatic N) is 2. The van der Waals surface area contributed by atoms with Crippen LogP contribution in [0.4, 0.5) is 0 Å². The van der Waals surface area contributed by atoms with Crippen molar-refractivity contribution < 1.29 is 4.74 Å². The van der Waals surface area contributed by atoms with Gasteiger partial charge >= 0.3 is 0 Å². The molecule has 0 aliphatic carbocycles. The summed E-state index contributed by atoms with van der Waals surface area (Å²) < 4.78 is 5.87. The first-order valence-corrected chi connectivity index (χ1v) is 6.50. The fraction of sp³-hybridized carbons (Fsp3) is 0.500. The standard InChI is InChI=1S/C14H19N3O/c1-16-6-8-17(9-7-16)14(15)13-10-11-4-2-3-5-12(11)18-13/h2-5,13,15H,6-10H2,1H3. The molecule has 3 rings (SSSR count). The molecule has 2 aliphatic rings. The number of likely N-dealkylation sites (N-methyl/N-ethyl adjacent to an activating group) is 1. The van der Waals surface area contributed by atoms with E-state index in [-0.39, 0.29) is 6.10 Å². The normalized spacial score (nSPS) is 23.6. The number of rotatable bonds is 1. The van der Waals surface area contributed by atoms with Crippen LogP contribution in [0.1, 0.15) is 5.56 Å². The number of nitrogens with one attached hydrogen (secondary N) is 1. The van der Waals surface area contributed by atoms with Gasteiger partial charge in [-0.1, -0.05) is 18.2 Å². The van der Waals surface area contributed by atoms with Gasteiger partial charge in [0.15, 0.2) is 6.10 Å². The van der Waals surface area contributed by atoms with Crippen molar-refractivity contribution in [3.8, 4) is 5.75 Å². The van der Waals surface area contributed by atoms with Gasteiger partial charge in [-0.25, -0.2) is 0 Å². The van der Waals surface area contributed by atoms with Crippen LogP contribution in [0.5, 0.6) is 5.75 Å². The summed E-state index contributed by atoms with van der Waals surface area (Å²) in [7, 11) is 2.13. The Hall–Kier alpha value is -1.55. The van der Waals surface area contributed by atoms with Crippen LogP contribution in [0.15, 0.2) is 24.3 Å². The van der Waals surface area contributed by atoms with Gasteiger partial charge in [-0.05, 0) is 18.7 Å². The van der Waals surface area contributed by atoms with Crippen LogP contribution >= 0.6 is 0 Å². The molecular formula is C14H19N3O. The Kier molecular flexibility index (Phi) is 2.96. The lowest BCUT2D eigenvalue weighted by Gasteiger charge is -2.35. The Bertz CT molecular complexity index is 427. The van der Waals surface area contributed by atoms with Gasteiger partial charge in [0.25, 0.3) is 0 Å². The number of fused-ring (bicyclic) bond motifs is 1. The van der Waals surface area contributed by atoms with Crippen molar-refractivity contribution in [3.05, 3.63) is 29.8 Å². The second-order valence-corrected chi connectivity index (χ2v) is 5.09. The first-order valence-electron chi connectivity index (χ1n) is 6.50. The Morgan fingerprint density at radius 3 is 2.67 bits per heavy atom. The number of para-hydroxylation sites is 1. The molecular weight excluding hydrogens is 226 g/mol. The number of hydrogen-bond acceptors (Lipinski definition) is 3. The van der Waals surface area contributed by atoms with E-state index in [0.717, 1.165) is 38.3 Å². The molecule has 1 aromatic rings. The molecule has 1 atom stereocenters. The summed E-state index contributed by atoms with van der Waals surface area (Å²) in [6.07, 6.45) is 0.743. The highest BCUT2D eigenvalue weighted by Gasteiger charge is 2.30. The van der Waals surface area contributed by atoms with Gasteiger partial charge in [0, 0.05) is 32.6 Å². The molecule has 18 heavy (non-hydrogen) atoms. The molecule has 96 valence electrons. The monoisotopic (exact) mass is 245 g/mol. The van der Waals surface area contributed by atoms with Crippen LogP contribution in [0.25, 0.3) is 0 Å². The minimum absolute atomic E-state index is 0.0918. The lowest BCUT2D eigenvalue weighted by Crippen LogP contribution is -2.50. The quantitative estimate of drug-likeness (QED) is 0.597. The highest BCUT2D eigenvalue weighted by molar-refractivity contribution is 5.85. The van der Waals surface area contributed by atoms with Gasteiger partial charge in [-0.3, -0.25) is 5.41 Å². The molecule has 0 saturated carbocycles. The summed E-state index contributed by atoms with van der Waals surface area (Å²) in [5.41, 5.74) is 1.22. The highest BCUT2D eigenvalue weighted by Crippen LogP contribution is 2.29. The smallest absolute Gasteiger partial charge is 0.159 e. The third-order valence-corrected chi connectivity index (χ3v) is 3.80. The van der Waals surface area contributed by atoms with E-state index in [1.807, 2.05) is 18.2 Å². The molecule has 1 fully saturated rings. The number of benzene rings is 1. The lowest BCUT2D eigenvalue weighted by atomic mass is 10.1. The van der Waals surface area contributed by atoms with Crippen molar-refractivity contribution in [1.82, 2.24) is 9.80 Å². The Morgan fingerprint density at radius 1 is 1.22 bits per heavy atom. The first kappa shape index (κ1) is 11.5. The predicted octanol–water partition coefficient (Wildman–Crippen LogP) is 1.21. The maximum absolute atomic E-state index is 8.30. The molecule has 0 bridgehead atoms. The zero-order valence-electron chi connectivity index (χ0n) is 10.7. The van der Waals surface area contributed by atoms with Crippen LogP contribution in [0, 0.1) is 5.41 Å². The van der Waals surface area contributed by atoms with E-state index in [9.17, 15) is 0 Å². The number of ether oxygens (including phenoxy) is 1.